The lowest BCUT2D eigenvalue weighted by molar-refractivity contribution is -0.136. The zero-order chi connectivity index (χ0) is 12.8. The van der Waals surface area contributed by atoms with Crippen LogP contribution in [0.1, 0.15) is 31.4 Å². The minimum Gasteiger partial charge on any atom is -0.496 e. The molecule has 0 unspecified atom stereocenters. The van der Waals surface area contributed by atoms with Gasteiger partial charge in [-0.3, -0.25) is 4.79 Å². The van der Waals surface area contributed by atoms with Gasteiger partial charge in [0.25, 0.3) is 0 Å². The van der Waals surface area contributed by atoms with Crippen molar-refractivity contribution in [1.29, 1.82) is 0 Å². The van der Waals surface area contributed by atoms with Crippen LogP contribution in [0, 0.1) is 5.92 Å². The maximum absolute atomic E-state index is 10.5. The predicted molar refractivity (Wildman–Crippen MR) is 67.5 cm³/mol. The molecule has 0 aromatic heterocycles. The molecule has 1 aromatic carbocycles. The van der Waals surface area contributed by atoms with E-state index in [9.17, 15) is 4.79 Å². The van der Waals surface area contributed by atoms with Gasteiger partial charge >= 0.3 is 5.97 Å². The summed E-state index contributed by atoms with van der Waals surface area (Å²) >= 11 is 0. The van der Waals surface area contributed by atoms with E-state index < -0.39 is 5.97 Å². The van der Waals surface area contributed by atoms with Crippen LogP contribution >= 0.6 is 0 Å². The fraction of sp³-hybridized carbons (Fsp3) is 0.500. The lowest BCUT2D eigenvalue weighted by Crippen LogP contribution is -2.01. The van der Waals surface area contributed by atoms with Gasteiger partial charge in [0, 0.05) is 6.42 Å². The van der Waals surface area contributed by atoms with Crippen molar-refractivity contribution in [2.45, 2.75) is 33.1 Å². The van der Waals surface area contributed by atoms with Crippen molar-refractivity contribution in [2.75, 3.05) is 7.11 Å². The minimum absolute atomic E-state index is 0.174. The maximum Gasteiger partial charge on any atom is 0.303 e. The first-order valence-electron chi connectivity index (χ1n) is 5.90. The molecule has 94 valence electrons. The van der Waals surface area contributed by atoms with Crippen molar-refractivity contribution in [2.24, 2.45) is 5.92 Å². The van der Waals surface area contributed by atoms with E-state index in [4.69, 9.17) is 9.84 Å². The largest absolute Gasteiger partial charge is 0.496 e. The normalized spacial score (nSPS) is 10.6. The van der Waals surface area contributed by atoms with Crippen LogP contribution in [0.25, 0.3) is 0 Å². The van der Waals surface area contributed by atoms with Crippen molar-refractivity contribution in [1.82, 2.24) is 0 Å². The summed E-state index contributed by atoms with van der Waals surface area (Å²) in [4.78, 5) is 10.5. The van der Waals surface area contributed by atoms with Crippen molar-refractivity contribution < 1.29 is 14.6 Å². The van der Waals surface area contributed by atoms with Gasteiger partial charge in [-0.2, -0.15) is 0 Å². The van der Waals surface area contributed by atoms with Gasteiger partial charge in [-0.15, -0.1) is 0 Å². The van der Waals surface area contributed by atoms with Crippen LogP contribution in [0.15, 0.2) is 18.2 Å². The van der Waals surface area contributed by atoms with E-state index in [2.05, 4.69) is 19.9 Å². The summed E-state index contributed by atoms with van der Waals surface area (Å²) in [6.07, 6.45) is 1.70. The van der Waals surface area contributed by atoms with Gasteiger partial charge in [-0.05, 0) is 36.0 Å². The number of hydrogen-bond acceptors (Lipinski definition) is 2. The molecule has 0 radical (unpaired) electrons. The number of rotatable bonds is 6. The minimum atomic E-state index is -0.758. The molecule has 1 N–H and O–H groups in total. The van der Waals surface area contributed by atoms with E-state index in [1.807, 2.05) is 12.1 Å². The first-order valence-corrected chi connectivity index (χ1v) is 5.90. The quantitative estimate of drug-likeness (QED) is 0.826. The van der Waals surface area contributed by atoms with Crippen LogP contribution in [-0.2, 0) is 17.6 Å². The van der Waals surface area contributed by atoms with Crippen LogP contribution < -0.4 is 4.74 Å². The number of methoxy groups -OCH3 is 1. The number of carboxylic acid groups (broad SMARTS) is 1. The van der Waals surface area contributed by atoms with E-state index in [-0.39, 0.29) is 6.42 Å². The zero-order valence-corrected chi connectivity index (χ0v) is 10.7. The number of carboxylic acids is 1. The van der Waals surface area contributed by atoms with E-state index in [1.165, 1.54) is 0 Å². The topological polar surface area (TPSA) is 46.5 Å². The van der Waals surface area contributed by atoms with Crippen LogP contribution in [0.4, 0.5) is 0 Å². The zero-order valence-electron chi connectivity index (χ0n) is 10.7. The predicted octanol–water partition coefficient (Wildman–Crippen LogP) is 2.91. The Morgan fingerprint density at radius 1 is 1.41 bits per heavy atom. The van der Waals surface area contributed by atoms with Gasteiger partial charge in [0.15, 0.2) is 0 Å². The third-order valence-corrected chi connectivity index (χ3v) is 2.60. The molecule has 0 fully saturated rings. The number of hydrogen-bond donors (Lipinski definition) is 1. The van der Waals surface area contributed by atoms with E-state index >= 15 is 0 Å². The number of ether oxygens (including phenoxy) is 1. The Labute approximate surface area is 102 Å². The smallest absolute Gasteiger partial charge is 0.303 e. The molecular formula is C14H20O3. The standard InChI is InChI=1S/C14H20O3/c1-10(2)8-12-9-11(5-7-14(15)16)4-6-13(12)17-3/h4,6,9-10H,5,7-8H2,1-3H3,(H,15,16). The van der Waals surface area contributed by atoms with Crippen molar-refractivity contribution >= 4 is 5.97 Å². The molecule has 0 aliphatic rings. The van der Waals surface area contributed by atoms with E-state index in [1.54, 1.807) is 7.11 Å². The summed E-state index contributed by atoms with van der Waals surface area (Å²) in [6, 6.07) is 5.92. The number of carbonyl (C=O) groups is 1. The lowest BCUT2D eigenvalue weighted by Gasteiger charge is -2.12. The van der Waals surface area contributed by atoms with E-state index in [0.717, 1.165) is 23.3 Å². The lowest BCUT2D eigenvalue weighted by atomic mass is 9.98. The van der Waals surface area contributed by atoms with Crippen LogP contribution in [-0.4, -0.2) is 18.2 Å². The van der Waals surface area contributed by atoms with Crippen LogP contribution in [0.3, 0.4) is 0 Å². The fourth-order valence-corrected chi connectivity index (χ4v) is 1.84. The van der Waals surface area contributed by atoms with Gasteiger partial charge in [0.1, 0.15) is 5.75 Å². The van der Waals surface area contributed by atoms with Crippen LogP contribution in [0.5, 0.6) is 5.75 Å². The second kappa shape index (κ2) is 6.28. The molecule has 0 saturated heterocycles. The Hall–Kier alpha value is -1.51. The highest BCUT2D eigenvalue weighted by Crippen LogP contribution is 2.23. The molecule has 3 nitrogen and oxygen atoms in total. The van der Waals surface area contributed by atoms with Gasteiger partial charge in [0.05, 0.1) is 7.11 Å². The molecular weight excluding hydrogens is 216 g/mol. The summed E-state index contributed by atoms with van der Waals surface area (Å²) in [5.41, 5.74) is 2.22. The highest BCUT2D eigenvalue weighted by molar-refractivity contribution is 5.67. The third kappa shape index (κ3) is 4.47. The first-order chi connectivity index (χ1) is 8.02. The Balaban J connectivity index is 2.84. The molecule has 0 saturated carbocycles. The molecule has 0 aliphatic heterocycles. The highest BCUT2D eigenvalue weighted by atomic mass is 16.5. The van der Waals surface area contributed by atoms with Crippen LogP contribution in [0.2, 0.25) is 0 Å². The molecule has 1 aromatic rings. The third-order valence-electron chi connectivity index (χ3n) is 2.60. The molecule has 0 bridgehead atoms. The molecule has 0 amide bonds. The maximum atomic E-state index is 10.5. The van der Waals surface area contributed by atoms with Gasteiger partial charge in [-0.1, -0.05) is 26.0 Å². The molecule has 0 atom stereocenters. The molecule has 0 aliphatic carbocycles. The SMILES string of the molecule is COc1ccc(CCC(=O)O)cc1CC(C)C. The number of benzene rings is 1. The first kappa shape index (κ1) is 13.6. The average Bonchev–Trinajstić information content (AvgIpc) is 2.25. The number of aliphatic carboxylic acids is 1. The summed E-state index contributed by atoms with van der Waals surface area (Å²) in [5.74, 6) is 0.683. The molecule has 1 rings (SSSR count). The average molecular weight is 236 g/mol. The van der Waals surface area contributed by atoms with Gasteiger partial charge < -0.3 is 9.84 Å². The Morgan fingerprint density at radius 3 is 2.65 bits per heavy atom. The summed E-state index contributed by atoms with van der Waals surface area (Å²) in [7, 11) is 1.66. The summed E-state index contributed by atoms with van der Waals surface area (Å²) in [6.45, 7) is 4.31. The summed E-state index contributed by atoms with van der Waals surface area (Å²) < 4.78 is 5.31. The number of aryl methyl sites for hydroxylation is 1. The summed E-state index contributed by atoms with van der Waals surface area (Å²) in [5, 5.41) is 8.67. The molecule has 3 heteroatoms. The highest BCUT2D eigenvalue weighted by Gasteiger charge is 2.07. The second-order valence-electron chi connectivity index (χ2n) is 4.64. The molecule has 0 spiro atoms. The van der Waals surface area contributed by atoms with Gasteiger partial charge in [0.2, 0.25) is 0 Å². The second-order valence-corrected chi connectivity index (χ2v) is 4.64. The monoisotopic (exact) mass is 236 g/mol. The van der Waals surface area contributed by atoms with Crippen molar-refractivity contribution in [3.8, 4) is 5.75 Å². The fourth-order valence-electron chi connectivity index (χ4n) is 1.84. The molecule has 0 heterocycles. The Bertz CT molecular complexity index is 383. The Kier molecular flexibility index (Phi) is 5.01. The Morgan fingerprint density at radius 2 is 2.12 bits per heavy atom. The van der Waals surface area contributed by atoms with Gasteiger partial charge in [-0.25, -0.2) is 0 Å². The van der Waals surface area contributed by atoms with Crippen molar-refractivity contribution in [3.63, 3.8) is 0 Å². The van der Waals surface area contributed by atoms with E-state index in [0.29, 0.717) is 12.3 Å². The molecule has 17 heavy (non-hydrogen) atoms. The van der Waals surface area contributed by atoms with Crippen molar-refractivity contribution in [3.05, 3.63) is 29.3 Å².